The number of rotatable bonds is 3. The SMILES string of the molecule is CCOC1(CO)CCN(C)CC1. The molecule has 0 aromatic heterocycles. The zero-order valence-corrected chi connectivity index (χ0v) is 8.05. The number of hydrogen-bond donors (Lipinski definition) is 1. The molecule has 1 N–H and O–H groups in total. The molecule has 3 heteroatoms. The Labute approximate surface area is 74.3 Å². The first-order chi connectivity index (χ1) is 5.72. The van der Waals surface area contributed by atoms with Crippen LogP contribution in [0.4, 0.5) is 0 Å². The fourth-order valence-electron chi connectivity index (χ4n) is 1.68. The maximum atomic E-state index is 9.22. The van der Waals surface area contributed by atoms with Crippen LogP contribution in [0.5, 0.6) is 0 Å². The topological polar surface area (TPSA) is 32.7 Å². The van der Waals surface area contributed by atoms with E-state index < -0.39 is 0 Å². The maximum absolute atomic E-state index is 9.22. The van der Waals surface area contributed by atoms with Crippen LogP contribution >= 0.6 is 0 Å². The number of ether oxygens (including phenoxy) is 1. The minimum Gasteiger partial charge on any atom is -0.393 e. The van der Waals surface area contributed by atoms with Gasteiger partial charge in [-0.25, -0.2) is 0 Å². The fraction of sp³-hybridized carbons (Fsp3) is 1.00. The summed E-state index contributed by atoms with van der Waals surface area (Å²) >= 11 is 0. The van der Waals surface area contributed by atoms with Crippen LogP contribution < -0.4 is 0 Å². The van der Waals surface area contributed by atoms with E-state index in [4.69, 9.17) is 4.74 Å². The molecule has 12 heavy (non-hydrogen) atoms. The summed E-state index contributed by atoms with van der Waals surface area (Å²) in [6.07, 6.45) is 1.90. The predicted octanol–water partition coefficient (Wildman–Crippen LogP) is 0.480. The molecule has 3 nitrogen and oxygen atoms in total. The third-order valence-corrected chi connectivity index (χ3v) is 2.64. The fourth-order valence-corrected chi connectivity index (χ4v) is 1.68. The highest BCUT2D eigenvalue weighted by molar-refractivity contribution is 4.86. The lowest BCUT2D eigenvalue weighted by Crippen LogP contribution is -2.47. The third kappa shape index (κ3) is 2.19. The van der Waals surface area contributed by atoms with E-state index in [-0.39, 0.29) is 12.2 Å². The lowest BCUT2D eigenvalue weighted by Gasteiger charge is -2.38. The highest BCUT2D eigenvalue weighted by Gasteiger charge is 2.33. The van der Waals surface area contributed by atoms with Gasteiger partial charge >= 0.3 is 0 Å². The van der Waals surface area contributed by atoms with Crippen molar-refractivity contribution in [1.82, 2.24) is 4.90 Å². The van der Waals surface area contributed by atoms with E-state index in [1.807, 2.05) is 6.92 Å². The Kier molecular flexibility index (Phi) is 3.50. The summed E-state index contributed by atoms with van der Waals surface area (Å²) in [6.45, 7) is 4.90. The molecule has 1 rings (SSSR count). The van der Waals surface area contributed by atoms with E-state index in [1.165, 1.54) is 0 Å². The smallest absolute Gasteiger partial charge is 0.0936 e. The van der Waals surface area contributed by atoms with Gasteiger partial charge in [0.05, 0.1) is 12.2 Å². The normalized spacial score (nSPS) is 24.2. The van der Waals surface area contributed by atoms with Crippen molar-refractivity contribution >= 4 is 0 Å². The van der Waals surface area contributed by atoms with Crippen LogP contribution in [0.15, 0.2) is 0 Å². The van der Waals surface area contributed by atoms with Gasteiger partial charge in [-0.15, -0.1) is 0 Å². The molecule has 1 aliphatic heterocycles. The molecule has 1 saturated heterocycles. The molecule has 1 heterocycles. The van der Waals surface area contributed by atoms with Crippen LogP contribution in [-0.4, -0.2) is 49.0 Å². The Morgan fingerprint density at radius 2 is 2.00 bits per heavy atom. The highest BCUT2D eigenvalue weighted by Crippen LogP contribution is 2.24. The first kappa shape index (κ1) is 9.96. The van der Waals surface area contributed by atoms with Crippen molar-refractivity contribution in [2.24, 2.45) is 0 Å². The van der Waals surface area contributed by atoms with Gasteiger partial charge in [0.15, 0.2) is 0 Å². The van der Waals surface area contributed by atoms with E-state index in [0.29, 0.717) is 6.61 Å². The van der Waals surface area contributed by atoms with Gasteiger partial charge in [-0.2, -0.15) is 0 Å². The Morgan fingerprint density at radius 1 is 1.42 bits per heavy atom. The second-order valence-electron chi connectivity index (χ2n) is 3.58. The third-order valence-electron chi connectivity index (χ3n) is 2.64. The van der Waals surface area contributed by atoms with Crippen molar-refractivity contribution in [3.05, 3.63) is 0 Å². The highest BCUT2D eigenvalue weighted by atomic mass is 16.5. The molecular formula is C9H19NO2. The second kappa shape index (κ2) is 4.21. The Bertz CT molecular complexity index is 130. The lowest BCUT2D eigenvalue weighted by molar-refractivity contribution is -0.105. The van der Waals surface area contributed by atoms with E-state index in [2.05, 4.69) is 11.9 Å². The van der Waals surface area contributed by atoms with Crippen LogP contribution in [0.3, 0.4) is 0 Å². The average molecular weight is 173 g/mol. The first-order valence-electron chi connectivity index (χ1n) is 4.66. The Morgan fingerprint density at radius 3 is 2.42 bits per heavy atom. The van der Waals surface area contributed by atoms with Crippen molar-refractivity contribution in [3.8, 4) is 0 Å². The molecule has 0 saturated carbocycles. The summed E-state index contributed by atoms with van der Waals surface area (Å²) in [6, 6.07) is 0. The maximum Gasteiger partial charge on any atom is 0.0936 e. The first-order valence-corrected chi connectivity index (χ1v) is 4.66. The van der Waals surface area contributed by atoms with Crippen molar-refractivity contribution < 1.29 is 9.84 Å². The molecule has 0 radical (unpaired) electrons. The van der Waals surface area contributed by atoms with E-state index in [9.17, 15) is 5.11 Å². The number of nitrogens with zero attached hydrogens (tertiary/aromatic N) is 1. The number of likely N-dealkylation sites (tertiary alicyclic amines) is 1. The molecule has 1 aliphatic rings. The summed E-state index contributed by atoms with van der Waals surface area (Å²) < 4.78 is 5.59. The summed E-state index contributed by atoms with van der Waals surface area (Å²) in [5, 5.41) is 9.22. The minimum absolute atomic E-state index is 0.161. The molecule has 0 unspecified atom stereocenters. The Hall–Kier alpha value is -0.120. The second-order valence-corrected chi connectivity index (χ2v) is 3.58. The van der Waals surface area contributed by atoms with Gasteiger partial charge in [-0.05, 0) is 26.8 Å². The number of aliphatic hydroxyl groups excluding tert-OH is 1. The zero-order valence-electron chi connectivity index (χ0n) is 8.05. The molecule has 0 bridgehead atoms. The van der Waals surface area contributed by atoms with Crippen molar-refractivity contribution in [2.45, 2.75) is 25.4 Å². The van der Waals surface area contributed by atoms with Gasteiger partial charge < -0.3 is 14.7 Å². The van der Waals surface area contributed by atoms with Crippen molar-refractivity contribution in [1.29, 1.82) is 0 Å². The van der Waals surface area contributed by atoms with Gasteiger partial charge in [-0.3, -0.25) is 0 Å². The molecule has 1 fully saturated rings. The van der Waals surface area contributed by atoms with Gasteiger partial charge in [0.2, 0.25) is 0 Å². The van der Waals surface area contributed by atoms with Crippen LogP contribution in [0.1, 0.15) is 19.8 Å². The summed E-state index contributed by atoms with van der Waals surface area (Å²) in [7, 11) is 2.10. The van der Waals surface area contributed by atoms with E-state index >= 15 is 0 Å². The average Bonchev–Trinajstić information content (AvgIpc) is 2.10. The molecule has 0 aromatic rings. The Balaban J connectivity index is 2.45. The van der Waals surface area contributed by atoms with E-state index in [0.717, 1.165) is 25.9 Å². The zero-order chi connectivity index (χ0) is 9.03. The number of piperidine rings is 1. The molecule has 0 aliphatic carbocycles. The van der Waals surface area contributed by atoms with E-state index in [1.54, 1.807) is 0 Å². The summed E-state index contributed by atoms with van der Waals surface area (Å²) in [5.41, 5.74) is -0.235. The monoisotopic (exact) mass is 173 g/mol. The number of hydrogen-bond acceptors (Lipinski definition) is 3. The standard InChI is InChI=1S/C9H19NO2/c1-3-12-9(8-11)4-6-10(2)7-5-9/h11H,3-8H2,1-2H3. The lowest BCUT2D eigenvalue weighted by atomic mass is 9.92. The molecular weight excluding hydrogens is 154 g/mol. The minimum atomic E-state index is -0.235. The summed E-state index contributed by atoms with van der Waals surface area (Å²) in [5.74, 6) is 0. The quantitative estimate of drug-likeness (QED) is 0.674. The van der Waals surface area contributed by atoms with Crippen LogP contribution in [0.25, 0.3) is 0 Å². The van der Waals surface area contributed by atoms with Gasteiger partial charge in [0, 0.05) is 19.7 Å². The molecule has 0 spiro atoms. The van der Waals surface area contributed by atoms with Crippen molar-refractivity contribution in [2.75, 3.05) is 33.4 Å². The largest absolute Gasteiger partial charge is 0.393 e. The van der Waals surface area contributed by atoms with Crippen LogP contribution in [0.2, 0.25) is 0 Å². The van der Waals surface area contributed by atoms with Gasteiger partial charge in [0.25, 0.3) is 0 Å². The molecule has 72 valence electrons. The number of aliphatic hydroxyl groups is 1. The molecule has 0 amide bonds. The van der Waals surface area contributed by atoms with Crippen LogP contribution in [-0.2, 0) is 4.74 Å². The van der Waals surface area contributed by atoms with Gasteiger partial charge in [-0.1, -0.05) is 0 Å². The molecule has 0 aromatic carbocycles. The van der Waals surface area contributed by atoms with Crippen LogP contribution in [0, 0.1) is 0 Å². The molecule has 0 atom stereocenters. The van der Waals surface area contributed by atoms with Crippen molar-refractivity contribution in [3.63, 3.8) is 0 Å². The predicted molar refractivity (Wildman–Crippen MR) is 48.2 cm³/mol. The van der Waals surface area contributed by atoms with Gasteiger partial charge in [0.1, 0.15) is 0 Å². The summed E-state index contributed by atoms with van der Waals surface area (Å²) in [4.78, 5) is 2.27.